The monoisotopic (exact) mass is 288 g/mol. The summed E-state index contributed by atoms with van der Waals surface area (Å²) in [6, 6.07) is 18.2. The maximum atomic E-state index is 5.96. The first-order chi connectivity index (χ1) is 9.61. The van der Waals surface area contributed by atoms with Gasteiger partial charge in [-0.05, 0) is 49.6 Å². The highest BCUT2D eigenvalue weighted by Crippen LogP contribution is 2.21. The second kappa shape index (κ2) is 6.78. The molecule has 2 aromatic rings. The molecular formula is C17H21ClN2. The number of nitrogens with one attached hydrogen (secondary N) is 1. The molecule has 0 radical (unpaired) electrons. The fourth-order valence-electron chi connectivity index (χ4n) is 2.16. The lowest BCUT2D eigenvalue weighted by atomic mass is 9.93. The van der Waals surface area contributed by atoms with Crippen molar-refractivity contribution in [3.05, 3.63) is 65.2 Å². The molecule has 0 bridgehead atoms. The quantitative estimate of drug-likeness (QED) is 0.840. The molecule has 2 aromatic carbocycles. The number of anilines is 1. The Hall–Kier alpha value is -1.51. The minimum absolute atomic E-state index is 0.121. The largest absolute Gasteiger partial charge is 0.379 e. The Morgan fingerprint density at radius 3 is 2.30 bits per heavy atom. The first-order valence-electron chi connectivity index (χ1n) is 6.89. The van der Waals surface area contributed by atoms with Gasteiger partial charge in [-0.1, -0.05) is 41.9 Å². The Labute approximate surface area is 126 Å². The van der Waals surface area contributed by atoms with E-state index in [-0.39, 0.29) is 5.54 Å². The molecule has 0 aliphatic rings. The summed E-state index contributed by atoms with van der Waals surface area (Å²) in [6.07, 6.45) is 1.99. The molecule has 0 aliphatic carbocycles. The molecule has 2 nitrogen and oxygen atoms in total. The van der Waals surface area contributed by atoms with Gasteiger partial charge >= 0.3 is 0 Å². The summed E-state index contributed by atoms with van der Waals surface area (Å²) < 4.78 is 0. The van der Waals surface area contributed by atoms with E-state index in [2.05, 4.69) is 36.5 Å². The third-order valence-corrected chi connectivity index (χ3v) is 3.80. The van der Waals surface area contributed by atoms with E-state index in [0.717, 1.165) is 23.6 Å². The maximum Gasteiger partial charge on any atom is 0.0470 e. The number of halogens is 1. The van der Waals surface area contributed by atoms with E-state index in [1.165, 1.54) is 5.56 Å². The molecule has 3 heteroatoms. The van der Waals surface area contributed by atoms with Crippen LogP contribution in [0.5, 0.6) is 0 Å². The van der Waals surface area contributed by atoms with E-state index in [0.29, 0.717) is 6.54 Å². The summed E-state index contributed by atoms with van der Waals surface area (Å²) in [5.74, 6) is 0. The highest BCUT2D eigenvalue weighted by atomic mass is 35.5. The number of aryl methyl sites for hydroxylation is 1. The fraction of sp³-hybridized carbons (Fsp3) is 0.294. The van der Waals surface area contributed by atoms with Crippen LogP contribution in [0.2, 0.25) is 5.02 Å². The zero-order chi connectivity index (χ0) is 14.4. The molecule has 3 N–H and O–H groups in total. The number of hydrogen-bond acceptors (Lipinski definition) is 2. The van der Waals surface area contributed by atoms with Gasteiger partial charge in [-0.15, -0.1) is 0 Å². The van der Waals surface area contributed by atoms with Gasteiger partial charge in [-0.2, -0.15) is 0 Å². The molecule has 0 saturated heterocycles. The third kappa shape index (κ3) is 4.26. The van der Waals surface area contributed by atoms with Crippen LogP contribution < -0.4 is 11.1 Å². The van der Waals surface area contributed by atoms with E-state index in [4.69, 9.17) is 17.3 Å². The van der Waals surface area contributed by atoms with Crippen molar-refractivity contribution in [3.8, 4) is 0 Å². The van der Waals surface area contributed by atoms with Gasteiger partial charge in [0.1, 0.15) is 0 Å². The zero-order valence-electron chi connectivity index (χ0n) is 11.8. The summed E-state index contributed by atoms with van der Waals surface area (Å²) in [7, 11) is 0. The van der Waals surface area contributed by atoms with Crippen molar-refractivity contribution in [1.82, 2.24) is 0 Å². The van der Waals surface area contributed by atoms with E-state index in [9.17, 15) is 0 Å². The molecule has 0 spiro atoms. The lowest BCUT2D eigenvalue weighted by molar-refractivity contribution is 0.483. The van der Waals surface area contributed by atoms with Gasteiger partial charge < -0.3 is 11.1 Å². The molecule has 20 heavy (non-hydrogen) atoms. The molecule has 0 aliphatic heterocycles. The second-order valence-electron chi connectivity index (χ2n) is 5.38. The molecule has 0 aromatic heterocycles. The van der Waals surface area contributed by atoms with Gasteiger partial charge in [0.25, 0.3) is 0 Å². The van der Waals surface area contributed by atoms with Crippen LogP contribution in [0.1, 0.15) is 18.9 Å². The van der Waals surface area contributed by atoms with Crippen LogP contribution in [-0.2, 0) is 6.42 Å². The Morgan fingerprint density at radius 2 is 1.70 bits per heavy atom. The Kier molecular flexibility index (Phi) is 5.05. The maximum absolute atomic E-state index is 5.96. The lowest BCUT2D eigenvalue weighted by Crippen LogP contribution is -2.42. The second-order valence-corrected chi connectivity index (χ2v) is 5.82. The molecular weight excluding hydrogens is 268 g/mol. The zero-order valence-corrected chi connectivity index (χ0v) is 12.5. The minimum atomic E-state index is -0.121. The van der Waals surface area contributed by atoms with Crippen LogP contribution in [0, 0.1) is 0 Å². The van der Waals surface area contributed by atoms with Crippen LogP contribution >= 0.6 is 11.6 Å². The van der Waals surface area contributed by atoms with Crippen molar-refractivity contribution in [1.29, 1.82) is 0 Å². The van der Waals surface area contributed by atoms with Crippen molar-refractivity contribution in [2.45, 2.75) is 25.3 Å². The van der Waals surface area contributed by atoms with Gasteiger partial charge in [-0.25, -0.2) is 0 Å². The molecule has 0 amide bonds. The van der Waals surface area contributed by atoms with E-state index < -0.39 is 0 Å². The van der Waals surface area contributed by atoms with Crippen molar-refractivity contribution >= 4 is 17.3 Å². The van der Waals surface area contributed by atoms with Crippen molar-refractivity contribution < 1.29 is 0 Å². The first-order valence-corrected chi connectivity index (χ1v) is 7.27. The van der Waals surface area contributed by atoms with E-state index in [1.54, 1.807) is 0 Å². The minimum Gasteiger partial charge on any atom is -0.379 e. The Bertz CT molecular complexity index is 524. The Balaban J connectivity index is 1.99. The summed E-state index contributed by atoms with van der Waals surface area (Å²) in [6.45, 7) is 2.74. The molecule has 2 rings (SSSR count). The van der Waals surface area contributed by atoms with Gasteiger partial charge in [-0.3, -0.25) is 0 Å². The molecule has 0 heterocycles. The van der Waals surface area contributed by atoms with Gasteiger partial charge in [0.2, 0.25) is 0 Å². The van der Waals surface area contributed by atoms with Crippen molar-refractivity contribution in [2.75, 3.05) is 11.9 Å². The molecule has 106 valence electrons. The van der Waals surface area contributed by atoms with Crippen LogP contribution in [0.15, 0.2) is 54.6 Å². The predicted octanol–water partition coefficient (Wildman–Crippen LogP) is 4.10. The number of nitrogens with two attached hydrogens (primary N) is 1. The van der Waals surface area contributed by atoms with Crippen molar-refractivity contribution in [3.63, 3.8) is 0 Å². The van der Waals surface area contributed by atoms with Crippen LogP contribution in [-0.4, -0.2) is 12.1 Å². The predicted molar refractivity (Wildman–Crippen MR) is 87.3 cm³/mol. The van der Waals surface area contributed by atoms with Crippen LogP contribution in [0.25, 0.3) is 0 Å². The molecule has 0 fully saturated rings. The summed E-state index contributed by atoms with van der Waals surface area (Å²) in [5.41, 5.74) is 8.23. The topological polar surface area (TPSA) is 38.0 Å². The van der Waals surface area contributed by atoms with Crippen molar-refractivity contribution in [2.24, 2.45) is 5.73 Å². The number of benzene rings is 2. The third-order valence-electron chi connectivity index (χ3n) is 3.55. The fourth-order valence-corrected chi connectivity index (χ4v) is 2.29. The van der Waals surface area contributed by atoms with Crippen LogP contribution in [0.4, 0.5) is 5.69 Å². The standard InChI is InChI=1S/C17H21ClN2/c1-17(13-19,12-11-14-5-3-2-4-6-14)20-16-9-7-15(18)8-10-16/h2-10,20H,11-13,19H2,1H3. The summed E-state index contributed by atoms with van der Waals surface area (Å²) >= 11 is 5.91. The average Bonchev–Trinajstić information content (AvgIpc) is 2.49. The Morgan fingerprint density at radius 1 is 1.05 bits per heavy atom. The first kappa shape index (κ1) is 14.9. The smallest absolute Gasteiger partial charge is 0.0470 e. The average molecular weight is 289 g/mol. The van der Waals surface area contributed by atoms with E-state index in [1.807, 2.05) is 30.3 Å². The van der Waals surface area contributed by atoms with E-state index >= 15 is 0 Å². The highest BCUT2D eigenvalue weighted by Gasteiger charge is 2.21. The molecule has 1 unspecified atom stereocenters. The van der Waals surface area contributed by atoms with Gasteiger partial charge in [0.15, 0.2) is 0 Å². The SMILES string of the molecule is CC(CN)(CCc1ccccc1)Nc1ccc(Cl)cc1. The summed E-state index contributed by atoms with van der Waals surface area (Å²) in [5, 5.41) is 4.26. The lowest BCUT2D eigenvalue weighted by Gasteiger charge is -2.31. The normalized spacial score (nSPS) is 13.8. The molecule has 1 atom stereocenters. The van der Waals surface area contributed by atoms with Crippen LogP contribution in [0.3, 0.4) is 0 Å². The summed E-state index contributed by atoms with van der Waals surface area (Å²) in [4.78, 5) is 0. The number of hydrogen-bond donors (Lipinski definition) is 2. The number of rotatable bonds is 6. The molecule has 0 saturated carbocycles. The highest BCUT2D eigenvalue weighted by molar-refractivity contribution is 6.30. The van der Waals surface area contributed by atoms with Gasteiger partial charge in [0, 0.05) is 22.8 Å². The van der Waals surface area contributed by atoms with Gasteiger partial charge in [0.05, 0.1) is 0 Å².